The van der Waals surface area contributed by atoms with E-state index in [-0.39, 0.29) is 36.2 Å². The van der Waals surface area contributed by atoms with Crippen LogP contribution in [0.3, 0.4) is 0 Å². The van der Waals surface area contributed by atoms with Gasteiger partial charge in [-0.25, -0.2) is 4.98 Å². The molecule has 29 heavy (non-hydrogen) atoms. The van der Waals surface area contributed by atoms with Crippen LogP contribution in [0.25, 0.3) is 11.0 Å². The first kappa shape index (κ1) is 19.5. The molecule has 4 rings (SSSR count). The summed E-state index contributed by atoms with van der Waals surface area (Å²) in [6.45, 7) is 4.10. The molecule has 1 aliphatic heterocycles. The van der Waals surface area contributed by atoms with Gasteiger partial charge in [0, 0.05) is 35.9 Å². The second-order valence-electron chi connectivity index (χ2n) is 7.97. The molecule has 2 aromatic rings. The fourth-order valence-corrected chi connectivity index (χ4v) is 4.48. The van der Waals surface area contributed by atoms with Crippen molar-refractivity contribution in [1.29, 1.82) is 5.26 Å². The number of nitrogens with zero attached hydrogens (tertiary/aromatic N) is 3. The number of aromatic nitrogens is 2. The Bertz CT molecular complexity index is 1050. The molecule has 3 heterocycles. The van der Waals surface area contributed by atoms with E-state index in [2.05, 4.69) is 21.4 Å². The van der Waals surface area contributed by atoms with E-state index < -0.39 is 6.04 Å². The molecule has 8 heteroatoms. The number of rotatable bonds is 4. The molecule has 0 radical (unpaired) electrons. The number of allylic oxidation sites excluding steroid dienone is 1. The number of aromatic amines is 1. The summed E-state index contributed by atoms with van der Waals surface area (Å²) in [7, 11) is 0. The second-order valence-corrected chi connectivity index (χ2v) is 8.38. The van der Waals surface area contributed by atoms with Gasteiger partial charge in [0.1, 0.15) is 11.7 Å². The van der Waals surface area contributed by atoms with Gasteiger partial charge in [-0.15, -0.1) is 0 Å². The zero-order chi connectivity index (χ0) is 20.7. The van der Waals surface area contributed by atoms with Crippen LogP contribution < -0.4 is 5.32 Å². The number of pyridine rings is 1. The van der Waals surface area contributed by atoms with E-state index in [0.717, 1.165) is 10.9 Å². The van der Waals surface area contributed by atoms with E-state index in [1.807, 2.05) is 26.0 Å². The maximum Gasteiger partial charge on any atom is 0.257 e. The van der Waals surface area contributed by atoms with Crippen molar-refractivity contribution in [1.82, 2.24) is 20.2 Å². The Morgan fingerprint density at radius 3 is 3.00 bits per heavy atom. The van der Waals surface area contributed by atoms with Crippen LogP contribution in [0.15, 0.2) is 24.5 Å². The second kappa shape index (κ2) is 7.53. The predicted octanol–water partition coefficient (Wildman–Crippen LogP) is 3.17. The van der Waals surface area contributed by atoms with Crippen LogP contribution in [0.1, 0.15) is 42.6 Å². The van der Waals surface area contributed by atoms with Crippen LogP contribution in [-0.4, -0.2) is 38.8 Å². The molecule has 7 nitrogen and oxygen atoms in total. The van der Waals surface area contributed by atoms with E-state index in [4.69, 9.17) is 16.9 Å². The Labute approximate surface area is 173 Å². The zero-order valence-corrected chi connectivity index (χ0v) is 17.0. The molecule has 2 N–H and O–H groups in total. The maximum absolute atomic E-state index is 13.2. The van der Waals surface area contributed by atoms with Gasteiger partial charge in [0.05, 0.1) is 22.6 Å². The first-order valence-corrected chi connectivity index (χ1v) is 10.1. The molecule has 1 aliphatic carbocycles. The fraction of sp³-hybridized carbons (Fsp3) is 0.429. The van der Waals surface area contributed by atoms with Crippen molar-refractivity contribution in [3.05, 3.63) is 40.7 Å². The monoisotopic (exact) mass is 411 g/mol. The van der Waals surface area contributed by atoms with Gasteiger partial charge < -0.3 is 15.2 Å². The molecule has 0 saturated carbocycles. The molecule has 0 bridgehead atoms. The van der Waals surface area contributed by atoms with Crippen molar-refractivity contribution >= 4 is 34.4 Å². The minimum absolute atomic E-state index is 0.0959. The summed E-state index contributed by atoms with van der Waals surface area (Å²) in [5, 5.41) is 13.4. The zero-order valence-electron chi connectivity index (χ0n) is 16.3. The highest BCUT2D eigenvalue weighted by Crippen LogP contribution is 2.35. The lowest BCUT2D eigenvalue weighted by molar-refractivity contribution is -0.128. The summed E-state index contributed by atoms with van der Waals surface area (Å²) in [6.07, 6.45) is 8.26. The summed E-state index contributed by atoms with van der Waals surface area (Å²) in [4.78, 5) is 35.3. The fourth-order valence-electron chi connectivity index (χ4n) is 4.28. The number of H-pyrrole nitrogens is 1. The standard InChI is InChI=1S/C21H22ClN5O2/c1-11(2)18(20(28)26-13-5-3-4-12(6-13)7-23)27-10-15-16(22)9-25-19-17(15)14(8-24-19)21(27)29/h3-4,8-9,11-13,18H,5-6,10H2,1-2H3,(H,24,25)(H,26,28)/t12?,13?,18-/m1/s1. The summed E-state index contributed by atoms with van der Waals surface area (Å²) in [5.74, 6) is -0.707. The lowest BCUT2D eigenvalue weighted by Gasteiger charge is -2.37. The quantitative estimate of drug-likeness (QED) is 0.754. The Hall–Kier alpha value is -2.85. The molecule has 150 valence electrons. The summed E-state index contributed by atoms with van der Waals surface area (Å²) >= 11 is 6.38. The highest BCUT2D eigenvalue weighted by molar-refractivity contribution is 6.32. The Morgan fingerprint density at radius 2 is 2.28 bits per heavy atom. The number of hydrogen-bond acceptors (Lipinski definition) is 4. The SMILES string of the molecule is CC(C)[C@H](C(=O)NC1CC=CC(C#N)C1)N1Cc2c(Cl)cnc3[nH]cc(c23)C1=O. The van der Waals surface area contributed by atoms with Gasteiger partial charge >= 0.3 is 0 Å². The smallest absolute Gasteiger partial charge is 0.257 e. The topological polar surface area (TPSA) is 102 Å². The molecule has 2 amide bonds. The van der Waals surface area contributed by atoms with Gasteiger partial charge in [-0.3, -0.25) is 9.59 Å². The molecule has 0 spiro atoms. The van der Waals surface area contributed by atoms with Crippen LogP contribution in [0, 0.1) is 23.2 Å². The van der Waals surface area contributed by atoms with E-state index in [1.165, 1.54) is 0 Å². The summed E-state index contributed by atoms with van der Waals surface area (Å²) in [6, 6.07) is 1.47. The van der Waals surface area contributed by atoms with Crippen molar-refractivity contribution in [2.75, 3.05) is 0 Å². The third-order valence-corrected chi connectivity index (χ3v) is 5.98. The molecule has 2 unspecified atom stereocenters. The minimum atomic E-state index is -0.642. The Kier molecular flexibility index (Phi) is 5.05. The molecule has 0 saturated heterocycles. The number of amides is 2. The van der Waals surface area contributed by atoms with Crippen LogP contribution in [0.2, 0.25) is 5.02 Å². The van der Waals surface area contributed by atoms with Gasteiger partial charge in [-0.2, -0.15) is 5.26 Å². The molecule has 2 aromatic heterocycles. The first-order valence-electron chi connectivity index (χ1n) is 9.72. The maximum atomic E-state index is 13.2. The summed E-state index contributed by atoms with van der Waals surface area (Å²) < 4.78 is 0. The van der Waals surface area contributed by atoms with Crippen molar-refractivity contribution in [2.24, 2.45) is 11.8 Å². The average molecular weight is 412 g/mol. The average Bonchev–Trinajstić information content (AvgIpc) is 3.13. The number of nitriles is 1. The van der Waals surface area contributed by atoms with E-state index in [1.54, 1.807) is 17.3 Å². The molecular weight excluding hydrogens is 390 g/mol. The lowest BCUT2D eigenvalue weighted by atomic mass is 9.91. The third kappa shape index (κ3) is 3.38. The van der Waals surface area contributed by atoms with E-state index in [9.17, 15) is 9.59 Å². The first-order chi connectivity index (χ1) is 13.9. The Balaban J connectivity index is 1.62. The van der Waals surface area contributed by atoms with Crippen LogP contribution >= 0.6 is 11.6 Å². The number of carbonyl (C=O) groups excluding carboxylic acids is 2. The van der Waals surface area contributed by atoms with E-state index in [0.29, 0.717) is 29.1 Å². The van der Waals surface area contributed by atoms with Crippen molar-refractivity contribution < 1.29 is 9.59 Å². The lowest BCUT2D eigenvalue weighted by Crippen LogP contribution is -2.54. The van der Waals surface area contributed by atoms with E-state index >= 15 is 0 Å². The van der Waals surface area contributed by atoms with Gasteiger partial charge in [-0.05, 0) is 18.8 Å². The van der Waals surface area contributed by atoms with Gasteiger partial charge in [0.2, 0.25) is 5.91 Å². The normalized spacial score (nSPS) is 22.0. The predicted molar refractivity (Wildman–Crippen MR) is 109 cm³/mol. The minimum Gasteiger partial charge on any atom is -0.351 e. The number of halogens is 1. The largest absolute Gasteiger partial charge is 0.351 e. The van der Waals surface area contributed by atoms with Crippen molar-refractivity contribution in [3.8, 4) is 6.07 Å². The number of nitrogens with one attached hydrogen (secondary N) is 2. The molecule has 0 fully saturated rings. The number of carbonyl (C=O) groups is 2. The van der Waals surface area contributed by atoms with Gasteiger partial charge in [0.15, 0.2) is 0 Å². The van der Waals surface area contributed by atoms with Gasteiger partial charge in [0.25, 0.3) is 5.91 Å². The van der Waals surface area contributed by atoms with Crippen LogP contribution in [0.4, 0.5) is 0 Å². The third-order valence-electron chi connectivity index (χ3n) is 5.65. The molecular formula is C21H22ClN5O2. The summed E-state index contributed by atoms with van der Waals surface area (Å²) in [5.41, 5.74) is 1.91. The Morgan fingerprint density at radius 1 is 1.48 bits per heavy atom. The number of hydrogen-bond donors (Lipinski definition) is 2. The van der Waals surface area contributed by atoms with Crippen molar-refractivity contribution in [3.63, 3.8) is 0 Å². The van der Waals surface area contributed by atoms with Crippen LogP contribution in [-0.2, 0) is 11.3 Å². The highest BCUT2D eigenvalue weighted by Gasteiger charge is 2.38. The molecule has 2 aliphatic rings. The van der Waals surface area contributed by atoms with Crippen LogP contribution in [0.5, 0.6) is 0 Å². The van der Waals surface area contributed by atoms with Gasteiger partial charge in [-0.1, -0.05) is 37.6 Å². The van der Waals surface area contributed by atoms with Crippen molar-refractivity contribution in [2.45, 2.75) is 45.3 Å². The molecule has 3 atom stereocenters. The highest BCUT2D eigenvalue weighted by atomic mass is 35.5. The molecule has 0 aromatic carbocycles.